The summed E-state index contributed by atoms with van der Waals surface area (Å²) in [6.07, 6.45) is 1.67. The average Bonchev–Trinajstić information content (AvgIpc) is 1.88. The maximum atomic E-state index is 10.4. The highest BCUT2D eigenvalue weighted by Gasteiger charge is 2.07. The van der Waals surface area contributed by atoms with Crippen LogP contribution in [0.15, 0.2) is 0 Å². The lowest BCUT2D eigenvalue weighted by Gasteiger charge is -1.96. The van der Waals surface area contributed by atoms with Crippen LogP contribution in [-0.2, 0) is 9.09 Å². The molecule has 0 aliphatic rings. The molecule has 0 amide bonds. The van der Waals surface area contributed by atoms with E-state index < -0.39 is 13.7 Å². The van der Waals surface area contributed by atoms with Gasteiger partial charge in [-0.2, -0.15) is 0 Å². The van der Waals surface area contributed by atoms with Gasteiger partial charge in [0.2, 0.25) is 0 Å². The molecule has 0 spiro atoms. The Morgan fingerprint density at radius 2 is 2.30 bits per heavy atom. The molecule has 0 saturated heterocycles. The van der Waals surface area contributed by atoms with Gasteiger partial charge in [0.15, 0.2) is 0 Å². The third kappa shape index (κ3) is 4.53. The molecule has 0 aliphatic heterocycles. The fraction of sp³-hybridized carbons (Fsp3) is 0.800. The molecule has 1 atom stereocenters. The summed E-state index contributed by atoms with van der Waals surface area (Å²) in [6, 6.07) is 0. The van der Waals surface area contributed by atoms with E-state index in [-0.39, 0.29) is 6.61 Å². The Morgan fingerprint density at radius 3 is 2.70 bits per heavy atom. The molecule has 0 aliphatic carbocycles. The van der Waals surface area contributed by atoms with E-state index in [1.165, 1.54) is 0 Å². The zero-order chi connectivity index (χ0) is 7.98. The Balaban J connectivity index is 3.31. The van der Waals surface area contributed by atoms with Crippen molar-refractivity contribution < 1.29 is 19.0 Å². The minimum Gasteiger partial charge on any atom is -0.474 e. The van der Waals surface area contributed by atoms with E-state index in [2.05, 4.69) is 4.52 Å². The number of unbranched alkanes of at least 4 members (excludes halogenated alkanes) is 1. The molecule has 0 saturated carbocycles. The second kappa shape index (κ2) is 5.45. The fourth-order valence-corrected chi connectivity index (χ4v) is 0.824. The highest BCUT2D eigenvalue weighted by molar-refractivity contribution is 7.58. The van der Waals surface area contributed by atoms with E-state index in [0.717, 1.165) is 12.8 Å². The standard InChI is InChI=1S/C5H11O4P/c1-2-3-4-9-10(8)5(6)7/h10H,2-4H2,1H3,(H,6,7). The third-order valence-corrected chi connectivity index (χ3v) is 1.72. The van der Waals surface area contributed by atoms with Crippen molar-refractivity contribution in [3.63, 3.8) is 0 Å². The third-order valence-electron chi connectivity index (χ3n) is 0.906. The first-order valence-electron chi connectivity index (χ1n) is 3.08. The van der Waals surface area contributed by atoms with Crippen LogP contribution >= 0.6 is 8.03 Å². The molecule has 0 bridgehead atoms. The lowest BCUT2D eigenvalue weighted by molar-refractivity contribution is 0.212. The Hall–Kier alpha value is -0.340. The van der Waals surface area contributed by atoms with Crippen LogP contribution in [0.5, 0.6) is 0 Å². The van der Waals surface area contributed by atoms with Gasteiger partial charge in [0.05, 0.1) is 6.61 Å². The van der Waals surface area contributed by atoms with E-state index in [1.807, 2.05) is 6.92 Å². The summed E-state index contributed by atoms with van der Waals surface area (Å²) in [5.74, 6) is 0. The summed E-state index contributed by atoms with van der Waals surface area (Å²) < 4.78 is 14.9. The Bertz CT molecular complexity index is 134. The van der Waals surface area contributed by atoms with E-state index >= 15 is 0 Å². The summed E-state index contributed by atoms with van der Waals surface area (Å²) >= 11 is 0. The molecule has 60 valence electrons. The van der Waals surface area contributed by atoms with Crippen molar-refractivity contribution in [3.8, 4) is 0 Å². The van der Waals surface area contributed by atoms with Crippen LogP contribution in [0.4, 0.5) is 4.79 Å². The summed E-state index contributed by atoms with van der Waals surface area (Å²) in [4.78, 5) is 9.90. The molecule has 1 N–H and O–H groups in total. The molecule has 0 fully saturated rings. The first-order chi connectivity index (χ1) is 4.68. The van der Waals surface area contributed by atoms with E-state index in [9.17, 15) is 9.36 Å². The summed E-state index contributed by atoms with van der Waals surface area (Å²) in [5.41, 5.74) is -1.35. The monoisotopic (exact) mass is 166 g/mol. The first kappa shape index (κ1) is 9.66. The Labute approximate surface area is 60.1 Å². The molecule has 0 aromatic heterocycles. The predicted molar refractivity (Wildman–Crippen MR) is 37.9 cm³/mol. The summed E-state index contributed by atoms with van der Waals surface area (Å²) in [5, 5.41) is 8.09. The van der Waals surface area contributed by atoms with E-state index in [1.54, 1.807) is 0 Å². The van der Waals surface area contributed by atoms with Crippen molar-refractivity contribution >= 4 is 13.7 Å². The first-order valence-corrected chi connectivity index (χ1v) is 4.40. The second-order valence-electron chi connectivity index (χ2n) is 1.79. The Morgan fingerprint density at radius 1 is 1.70 bits per heavy atom. The van der Waals surface area contributed by atoms with Gasteiger partial charge in [0.1, 0.15) is 0 Å². The molecular formula is C5H11O4P. The maximum absolute atomic E-state index is 10.4. The molecule has 4 nitrogen and oxygen atoms in total. The molecule has 1 unspecified atom stereocenters. The molecule has 0 aromatic carbocycles. The van der Waals surface area contributed by atoms with Gasteiger partial charge >= 0.3 is 5.71 Å². The summed E-state index contributed by atoms with van der Waals surface area (Å²) in [7, 11) is -2.81. The molecule has 0 rings (SSSR count). The Kier molecular flexibility index (Phi) is 5.26. The van der Waals surface area contributed by atoms with Crippen molar-refractivity contribution in [1.29, 1.82) is 0 Å². The van der Waals surface area contributed by atoms with Crippen LogP contribution in [0.1, 0.15) is 19.8 Å². The highest BCUT2D eigenvalue weighted by Crippen LogP contribution is 2.22. The minimum atomic E-state index is -2.81. The van der Waals surface area contributed by atoms with Crippen molar-refractivity contribution in [2.75, 3.05) is 6.61 Å². The van der Waals surface area contributed by atoms with Gasteiger partial charge in [-0.05, 0) is 6.42 Å². The molecule has 10 heavy (non-hydrogen) atoms. The van der Waals surface area contributed by atoms with Crippen LogP contribution in [0.25, 0.3) is 0 Å². The maximum Gasteiger partial charge on any atom is 0.386 e. The van der Waals surface area contributed by atoms with Crippen LogP contribution in [0.2, 0.25) is 0 Å². The highest BCUT2D eigenvalue weighted by atomic mass is 31.1. The lowest BCUT2D eigenvalue weighted by atomic mass is 10.4. The zero-order valence-electron chi connectivity index (χ0n) is 5.79. The number of hydrogen-bond donors (Lipinski definition) is 1. The smallest absolute Gasteiger partial charge is 0.386 e. The number of rotatable bonds is 5. The van der Waals surface area contributed by atoms with Crippen LogP contribution in [0, 0.1) is 0 Å². The van der Waals surface area contributed by atoms with Crippen molar-refractivity contribution in [1.82, 2.24) is 0 Å². The topological polar surface area (TPSA) is 63.6 Å². The SMILES string of the molecule is CCCCO[PH](=O)C(=O)O. The molecule has 0 radical (unpaired) electrons. The number of carboxylic acid groups (broad SMARTS) is 1. The normalized spacial score (nSPS) is 12.9. The van der Waals surface area contributed by atoms with E-state index in [4.69, 9.17) is 5.11 Å². The van der Waals surface area contributed by atoms with Crippen LogP contribution in [0.3, 0.4) is 0 Å². The predicted octanol–water partition coefficient (Wildman–Crippen LogP) is 1.96. The minimum absolute atomic E-state index is 0.278. The molecule has 0 heterocycles. The van der Waals surface area contributed by atoms with Crippen molar-refractivity contribution in [3.05, 3.63) is 0 Å². The molecular weight excluding hydrogens is 155 g/mol. The van der Waals surface area contributed by atoms with Crippen molar-refractivity contribution in [2.24, 2.45) is 0 Å². The van der Waals surface area contributed by atoms with Crippen LogP contribution in [-0.4, -0.2) is 17.4 Å². The number of carbonyl (C=O) groups is 1. The molecule has 0 aromatic rings. The quantitative estimate of drug-likeness (QED) is 0.500. The van der Waals surface area contributed by atoms with Gasteiger partial charge in [-0.1, -0.05) is 13.3 Å². The van der Waals surface area contributed by atoms with Gasteiger partial charge in [0, 0.05) is 0 Å². The van der Waals surface area contributed by atoms with Crippen LogP contribution < -0.4 is 0 Å². The van der Waals surface area contributed by atoms with Gasteiger partial charge in [-0.15, -0.1) is 0 Å². The largest absolute Gasteiger partial charge is 0.474 e. The molecule has 5 heteroatoms. The van der Waals surface area contributed by atoms with Gasteiger partial charge < -0.3 is 9.63 Å². The second-order valence-corrected chi connectivity index (χ2v) is 3.09. The fourth-order valence-electron chi connectivity index (χ4n) is 0.371. The average molecular weight is 166 g/mol. The van der Waals surface area contributed by atoms with Crippen molar-refractivity contribution in [2.45, 2.75) is 19.8 Å². The lowest BCUT2D eigenvalue weighted by Crippen LogP contribution is -1.90. The van der Waals surface area contributed by atoms with Gasteiger partial charge in [0.25, 0.3) is 8.03 Å². The van der Waals surface area contributed by atoms with Gasteiger partial charge in [-0.25, -0.2) is 4.79 Å². The summed E-state index contributed by atoms with van der Waals surface area (Å²) in [6.45, 7) is 2.22. The number of hydrogen-bond acceptors (Lipinski definition) is 3. The van der Waals surface area contributed by atoms with Gasteiger partial charge in [-0.3, -0.25) is 4.57 Å². The zero-order valence-corrected chi connectivity index (χ0v) is 6.79. The van der Waals surface area contributed by atoms with E-state index in [0.29, 0.717) is 0 Å².